The number of primary amides is 1. The van der Waals surface area contributed by atoms with Gasteiger partial charge in [0.15, 0.2) is 17.2 Å². The van der Waals surface area contributed by atoms with Crippen molar-refractivity contribution in [3.8, 4) is 5.75 Å². The van der Waals surface area contributed by atoms with Crippen LogP contribution in [0.3, 0.4) is 0 Å². The molecule has 13 heteroatoms. The topological polar surface area (TPSA) is 104 Å². The molecular formula is C22H21F6N3O4. The summed E-state index contributed by atoms with van der Waals surface area (Å²) < 4.78 is 93.3. The van der Waals surface area contributed by atoms with Crippen LogP contribution in [0, 0.1) is 11.7 Å². The Morgan fingerprint density at radius 1 is 1.26 bits per heavy atom. The van der Waals surface area contributed by atoms with E-state index in [1.54, 1.807) is 0 Å². The first-order valence-corrected chi connectivity index (χ1v) is 10.2. The second-order valence-corrected chi connectivity index (χ2v) is 8.13. The van der Waals surface area contributed by atoms with Crippen LogP contribution in [0.15, 0.2) is 30.5 Å². The van der Waals surface area contributed by atoms with E-state index < -0.39 is 65.1 Å². The minimum Gasteiger partial charge on any atom is -0.493 e. The number of hydrogen-bond acceptors (Lipinski definition) is 5. The van der Waals surface area contributed by atoms with Crippen molar-refractivity contribution in [2.45, 2.75) is 44.1 Å². The van der Waals surface area contributed by atoms with Gasteiger partial charge < -0.3 is 20.5 Å². The predicted molar refractivity (Wildman–Crippen MR) is 111 cm³/mol. The maximum absolute atomic E-state index is 14.8. The molecule has 190 valence electrons. The number of benzene rings is 1. The third kappa shape index (κ3) is 4.64. The van der Waals surface area contributed by atoms with Gasteiger partial charge in [-0.1, -0.05) is 13.0 Å². The highest BCUT2D eigenvalue weighted by atomic mass is 19.4. The number of halogens is 6. The lowest BCUT2D eigenvalue weighted by Gasteiger charge is -2.32. The van der Waals surface area contributed by atoms with Crippen LogP contribution in [-0.4, -0.2) is 41.8 Å². The van der Waals surface area contributed by atoms with Crippen molar-refractivity contribution < 1.29 is 45.4 Å². The summed E-state index contributed by atoms with van der Waals surface area (Å²) in [6, 6.07) is 4.09. The Balaban J connectivity index is 2.10. The lowest BCUT2D eigenvalue weighted by molar-refractivity contribution is -0.272. The molecule has 2 amide bonds. The van der Waals surface area contributed by atoms with Crippen LogP contribution in [0.5, 0.6) is 5.75 Å². The molecule has 1 aromatic heterocycles. The number of hydrogen-bond donors (Lipinski definition) is 2. The van der Waals surface area contributed by atoms with Crippen LogP contribution in [0.4, 0.5) is 32.0 Å². The molecule has 0 bridgehead atoms. The number of alkyl halides is 5. The SMILES string of the molecule is COc1c([C@H]2[C@@H](C(=O)Nc3ccnc(C(N)=O)c3)O[C@@](C)(C(F)(F)F)[C@H]2C)ccc(C(F)F)c1F. The van der Waals surface area contributed by atoms with E-state index in [-0.39, 0.29) is 16.9 Å². The molecule has 1 aliphatic rings. The molecule has 2 aromatic rings. The molecule has 35 heavy (non-hydrogen) atoms. The number of nitrogens with one attached hydrogen (secondary N) is 1. The molecule has 2 heterocycles. The van der Waals surface area contributed by atoms with Gasteiger partial charge in [0.2, 0.25) is 0 Å². The quantitative estimate of drug-likeness (QED) is 0.569. The van der Waals surface area contributed by atoms with Gasteiger partial charge in [0.05, 0.1) is 12.7 Å². The summed E-state index contributed by atoms with van der Waals surface area (Å²) in [6.45, 7) is 1.90. The summed E-state index contributed by atoms with van der Waals surface area (Å²) >= 11 is 0. The average molecular weight is 505 g/mol. The molecule has 1 fully saturated rings. The monoisotopic (exact) mass is 505 g/mol. The zero-order valence-corrected chi connectivity index (χ0v) is 18.6. The summed E-state index contributed by atoms with van der Waals surface area (Å²) in [4.78, 5) is 28.2. The van der Waals surface area contributed by atoms with Gasteiger partial charge in [0, 0.05) is 29.3 Å². The first kappa shape index (κ1) is 26.3. The number of pyridine rings is 1. The van der Waals surface area contributed by atoms with Gasteiger partial charge in [0.25, 0.3) is 18.2 Å². The Morgan fingerprint density at radius 2 is 1.91 bits per heavy atom. The number of anilines is 1. The molecule has 7 nitrogen and oxygen atoms in total. The van der Waals surface area contributed by atoms with Crippen molar-refractivity contribution in [3.05, 3.63) is 53.1 Å². The summed E-state index contributed by atoms with van der Waals surface area (Å²) in [5, 5.41) is 2.34. The van der Waals surface area contributed by atoms with E-state index >= 15 is 0 Å². The second kappa shape index (κ2) is 9.36. The molecule has 0 radical (unpaired) electrons. The van der Waals surface area contributed by atoms with E-state index in [1.165, 1.54) is 6.07 Å². The predicted octanol–water partition coefficient (Wildman–Crippen LogP) is 4.34. The highest BCUT2D eigenvalue weighted by molar-refractivity contribution is 5.97. The molecular weight excluding hydrogens is 484 g/mol. The average Bonchev–Trinajstić information content (AvgIpc) is 3.05. The zero-order valence-electron chi connectivity index (χ0n) is 18.6. The van der Waals surface area contributed by atoms with Gasteiger partial charge in [-0.15, -0.1) is 0 Å². The van der Waals surface area contributed by atoms with Crippen molar-refractivity contribution in [3.63, 3.8) is 0 Å². The normalized spacial score (nSPS) is 24.5. The van der Waals surface area contributed by atoms with Crippen LogP contribution in [-0.2, 0) is 9.53 Å². The summed E-state index contributed by atoms with van der Waals surface area (Å²) in [5.74, 6) is -7.05. The van der Waals surface area contributed by atoms with E-state index in [4.69, 9.17) is 15.2 Å². The van der Waals surface area contributed by atoms with Crippen molar-refractivity contribution in [1.29, 1.82) is 0 Å². The van der Waals surface area contributed by atoms with Gasteiger partial charge in [-0.2, -0.15) is 13.2 Å². The Hall–Kier alpha value is -3.35. The highest BCUT2D eigenvalue weighted by Crippen LogP contribution is 2.55. The highest BCUT2D eigenvalue weighted by Gasteiger charge is 2.65. The van der Waals surface area contributed by atoms with Gasteiger partial charge in [-0.3, -0.25) is 14.6 Å². The fourth-order valence-corrected chi connectivity index (χ4v) is 4.10. The largest absolute Gasteiger partial charge is 0.493 e. The number of aromatic nitrogens is 1. The number of carbonyl (C=O) groups is 2. The van der Waals surface area contributed by atoms with Gasteiger partial charge in [-0.25, -0.2) is 13.2 Å². The van der Waals surface area contributed by atoms with Crippen molar-refractivity contribution in [2.24, 2.45) is 11.7 Å². The fraction of sp³-hybridized carbons (Fsp3) is 0.409. The Morgan fingerprint density at radius 3 is 2.46 bits per heavy atom. The Bertz CT molecular complexity index is 1140. The molecule has 1 aromatic carbocycles. The lowest BCUT2D eigenvalue weighted by Crippen LogP contribution is -2.47. The van der Waals surface area contributed by atoms with Crippen LogP contribution in [0.2, 0.25) is 0 Å². The van der Waals surface area contributed by atoms with E-state index in [0.717, 1.165) is 45.4 Å². The number of carbonyl (C=O) groups excluding carboxylic acids is 2. The Labute approximate surface area is 195 Å². The van der Waals surface area contributed by atoms with Gasteiger partial charge in [0.1, 0.15) is 11.8 Å². The minimum absolute atomic E-state index is 0.0133. The fourth-order valence-electron chi connectivity index (χ4n) is 4.10. The number of methoxy groups -OCH3 is 1. The third-order valence-corrected chi connectivity index (χ3v) is 6.16. The van der Waals surface area contributed by atoms with Gasteiger partial charge >= 0.3 is 6.18 Å². The van der Waals surface area contributed by atoms with Crippen LogP contribution in [0.25, 0.3) is 0 Å². The summed E-state index contributed by atoms with van der Waals surface area (Å²) in [7, 11) is 0.970. The molecule has 0 aliphatic carbocycles. The van der Waals surface area contributed by atoms with Crippen molar-refractivity contribution in [2.75, 3.05) is 12.4 Å². The lowest BCUT2D eigenvalue weighted by atomic mass is 9.76. The number of nitrogens with two attached hydrogens (primary N) is 1. The van der Waals surface area contributed by atoms with Crippen LogP contribution < -0.4 is 15.8 Å². The number of amides is 2. The molecule has 0 spiro atoms. The van der Waals surface area contributed by atoms with E-state index in [9.17, 15) is 35.9 Å². The first-order valence-electron chi connectivity index (χ1n) is 10.2. The maximum Gasteiger partial charge on any atom is 0.417 e. The molecule has 3 rings (SSSR count). The second-order valence-electron chi connectivity index (χ2n) is 8.13. The van der Waals surface area contributed by atoms with Crippen LogP contribution >= 0.6 is 0 Å². The molecule has 1 saturated heterocycles. The number of nitrogens with zero attached hydrogens (tertiary/aromatic N) is 1. The van der Waals surface area contributed by atoms with Crippen molar-refractivity contribution in [1.82, 2.24) is 4.98 Å². The minimum atomic E-state index is -4.94. The molecule has 0 saturated carbocycles. The maximum atomic E-state index is 14.8. The van der Waals surface area contributed by atoms with E-state index in [2.05, 4.69) is 10.3 Å². The van der Waals surface area contributed by atoms with Crippen molar-refractivity contribution >= 4 is 17.5 Å². The standard InChI is InChI=1S/C22H21F6N3O4/c1-9-14(11-4-5-12(18(24)25)15(23)16(11)34-3)17(35-21(9,2)22(26,27)28)20(33)31-10-6-7-30-13(8-10)19(29)32/h4-9,14,17-18H,1-3H3,(H2,29,32)(H,30,31,33)/t9-,14-,17-,21+/m0/s1. The molecule has 4 atom stereocenters. The summed E-state index contributed by atoms with van der Waals surface area (Å²) in [5.41, 5.74) is 0.816. The first-order chi connectivity index (χ1) is 16.2. The van der Waals surface area contributed by atoms with Crippen LogP contribution in [0.1, 0.15) is 47.8 Å². The van der Waals surface area contributed by atoms with E-state index in [1.807, 2.05) is 0 Å². The third-order valence-electron chi connectivity index (χ3n) is 6.16. The smallest absolute Gasteiger partial charge is 0.417 e. The van der Waals surface area contributed by atoms with Gasteiger partial charge in [-0.05, 0) is 25.1 Å². The summed E-state index contributed by atoms with van der Waals surface area (Å²) in [6.07, 6.45) is -8.84. The molecule has 1 aliphatic heterocycles. The number of rotatable bonds is 6. The molecule has 3 N–H and O–H groups in total. The zero-order chi connectivity index (χ0) is 26.3. The number of ether oxygens (including phenoxy) is 2. The Kier molecular flexibility index (Phi) is 7.02. The van der Waals surface area contributed by atoms with E-state index in [0.29, 0.717) is 0 Å². The molecule has 0 unspecified atom stereocenters.